The summed E-state index contributed by atoms with van der Waals surface area (Å²) >= 11 is 0. The van der Waals surface area contributed by atoms with Gasteiger partial charge in [-0.3, -0.25) is 33.7 Å². The number of piperidine rings is 1. The van der Waals surface area contributed by atoms with Gasteiger partial charge in [-0.25, -0.2) is 18.2 Å². The highest BCUT2D eigenvalue weighted by atomic mass is 19.1. The zero-order valence-corrected chi connectivity index (χ0v) is 51.8. The van der Waals surface area contributed by atoms with Crippen LogP contribution in [-0.2, 0) is 23.8 Å². The number of Topliss-reactive ketones (excluding diaryl/α,β-unsaturated/α-hetero) is 1. The number of hydrogen-bond acceptors (Lipinski definition) is 18. The maximum Gasteiger partial charge on any atom is 0.312 e. The van der Waals surface area contributed by atoms with Crippen LogP contribution in [0.3, 0.4) is 0 Å². The number of aliphatic hydroxyl groups is 2. The molecule has 11 rings (SSSR count). The van der Waals surface area contributed by atoms with Crippen molar-refractivity contribution >= 4 is 57.2 Å². The summed E-state index contributed by atoms with van der Waals surface area (Å²) in [5.41, 5.74) is -1.03. The number of pyridine rings is 2. The van der Waals surface area contributed by atoms with Gasteiger partial charge in [-0.05, 0) is 90.1 Å². The molecule has 1 aliphatic carbocycles. The van der Waals surface area contributed by atoms with Crippen LogP contribution in [0.4, 0.5) is 24.7 Å². The zero-order chi connectivity index (χ0) is 64.5. The topological polar surface area (TPSA) is 258 Å². The molecular weight excluding hydrogens is 1160 g/mol. The average Bonchev–Trinajstić information content (AvgIpc) is 1.68. The number of aliphatic hydroxyl groups excluding tert-OH is 2. The number of hydrogen-bond donors (Lipinski definition) is 6. The van der Waals surface area contributed by atoms with Crippen LogP contribution in [0.15, 0.2) is 76.5 Å². The number of aromatic hydroxyl groups is 3. The number of amides is 1. The molecule has 6 aliphatic rings. The number of nitrogens with zero attached hydrogens (tertiary/aromatic N) is 6. The van der Waals surface area contributed by atoms with E-state index in [1.165, 1.54) is 83.2 Å². The number of phenolic OH excluding ortho intramolecular Hbond substituents is 3. The van der Waals surface area contributed by atoms with E-state index in [9.17, 15) is 49.1 Å². The van der Waals surface area contributed by atoms with E-state index in [4.69, 9.17) is 24.0 Å². The molecule has 2 saturated heterocycles. The second-order valence-electron chi connectivity index (χ2n) is 25.0. The molecule has 20 nitrogen and oxygen atoms in total. The minimum Gasteiger partial charge on any atom is -0.507 e. The molecule has 476 valence electrons. The van der Waals surface area contributed by atoms with Crippen molar-refractivity contribution in [1.82, 2.24) is 19.5 Å². The molecule has 3 aromatic carbocycles. The van der Waals surface area contributed by atoms with E-state index < -0.39 is 112 Å². The van der Waals surface area contributed by atoms with Crippen LogP contribution >= 0.6 is 0 Å². The van der Waals surface area contributed by atoms with Gasteiger partial charge in [0.1, 0.15) is 35.0 Å². The number of hydrazone groups is 1. The molecule has 5 aromatic rings. The normalized spacial score (nSPS) is 28.3. The Morgan fingerprint density at radius 3 is 2.27 bits per heavy atom. The molecule has 1 unspecified atom stereocenters. The van der Waals surface area contributed by atoms with Gasteiger partial charge in [0.2, 0.25) is 0 Å². The van der Waals surface area contributed by atoms with Crippen LogP contribution in [0, 0.1) is 60.9 Å². The molecule has 10 atom stereocenters. The number of aromatic nitrogens is 2. The number of carbonyl (C=O) groups is 3. The number of allylic oxidation sites excluding steroid dienone is 2. The Morgan fingerprint density at radius 2 is 1.61 bits per heavy atom. The first kappa shape index (κ1) is 64.0. The van der Waals surface area contributed by atoms with Gasteiger partial charge in [-0.2, -0.15) is 5.10 Å². The molecule has 1 amide bonds. The second-order valence-corrected chi connectivity index (χ2v) is 25.0. The maximum atomic E-state index is 16.1. The summed E-state index contributed by atoms with van der Waals surface area (Å²) in [6, 6.07) is 4.34. The number of carbonyl (C=O) groups excluding carboxylic acids is 3. The number of ketones is 1. The van der Waals surface area contributed by atoms with Crippen LogP contribution < -0.4 is 20.4 Å². The maximum absolute atomic E-state index is 16.1. The summed E-state index contributed by atoms with van der Waals surface area (Å²) in [5, 5.41) is 68.5. The highest BCUT2D eigenvalue weighted by Gasteiger charge is 2.56. The zero-order valence-electron chi connectivity index (χ0n) is 51.8. The Balaban J connectivity index is 0.928. The number of rotatable bonds is 9. The number of ether oxygens (including phenoxy) is 4. The highest BCUT2D eigenvalue weighted by molar-refractivity contribution is 6.24. The van der Waals surface area contributed by atoms with Gasteiger partial charge in [0.15, 0.2) is 28.5 Å². The van der Waals surface area contributed by atoms with Gasteiger partial charge in [-0.15, -0.1) is 0 Å². The standard InChI is InChI=1S/C66H78F3N7O13/c1-32-13-12-14-33(2)64(85)71-52-44(57(82)49-50(58(52)83)56(81)38(7)60-51(49)61(84)65(9,89-60)87-26-20-48(86-11)35(4)59(88-39(8)77)37(6)55(80)36(5)53(32)78)29-70-75-24-18-42(19-25-75)73(10)66(21-22-66)40-17-23-74(31-40)63-46(69)28-43-54(79)34(3)30-76(62(43)72-63)47-16-15-41(67)27-45(47)68/h12-16,20,26-30,32,35-37,40,42,48,53,55,59,78,80-83H,17-19,21-25,31H2,1-11H3,(H,71,85)/b13-12+,26-20+,33-14-,70-29-/t32-,35+,36+,37+,40?,48-,53-,55+,59+,65-/m0/s1. The Labute approximate surface area is 513 Å². The SMILES string of the molecule is CO[C@H]1/C=C/O[C@@]2(C)Oc3c(C)c(O)c4c(O)c(c(/C=N\N5CCC(N(C)C6(C7CCN(c8nc9c(cc8F)c(=O)c(C)cn9-c8ccc(F)cc8F)C7)CC6)CC5)c(O)c4c3C2=O)NC(=O)/C(C)=C\C=C\[C@H](C)[C@H](O)[C@@H](C)[C@@H](O)[C@@H](C)[C@H](OC(C)=O)[C@@H]1C. The van der Waals surface area contributed by atoms with E-state index in [2.05, 4.69) is 22.2 Å². The molecule has 5 aliphatic heterocycles. The van der Waals surface area contributed by atoms with Gasteiger partial charge in [0.05, 0.1) is 64.1 Å². The van der Waals surface area contributed by atoms with E-state index in [0.29, 0.717) is 39.0 Å². The first-order valence-electron chi connectivity index (χ1n) is 30.2. The van der Waals surface area contributed by atoms with Gasteiger partial charge in [-0.1, -0.05) is 45.9 Å². The lowest BCUT2D eigenvalue weighted by atomic mass is 9.78. The highest BCUT2D eigenvalue weighted by Crippen LogP contribution is 2.56. The van der Waals surface area contributed by atoms with Gasteiger partial charge >= 0.3 is 11.8 Å². The van der Waals surface area contributed by atoms with Crippen LogP contribution in [0.25, 0.3) is 27.5 Å². The fourth-order valence-corrected chi connectivity index (χ4v) is 13.7. The molecule has 0 radical (unpaired) electrons. The third kappa shape index (κ3) is 11.7. The number of nitrogens with one attached hydrogen (secondary N) is 1. The van der Waals surface area contributed by atoms with Crippen molar-refractivity contribution in [3.8, 4) is 28.7 Å². The van der Waals surface area contributed by atoms with Crippen molar-refractivity contribution in [1.29, 1.82) is 0 Å². The third-order valence-electron chi connectivity index (χ3n) is 19.3. The number of phenols is 3. The molecular formula is C66H78F3N7O13. The van der Waals surface area contributed by atoms with Crippen molar-refractivity contribution in [3.05, 3.63) is 117 Å². The van der Waals surface area contributed by atoms with Crippen molar-refractivity contribution in [2.75, 3.05) is 50.6 Å². The minimum absolute atomic E-state index is 0.0101. The van der Waals surface area contributed by atoms with E-state index in [0.717, 1.165) is 37.5 Å². The molecule has 23 heteroatoms. The van der Waals surface area contributed by atoms with Crippen LogP contribution in [0.1, 0.15) is 108 Å². The number of benzene rings is 3. The number of aryl methyl sites for hydroxylation is 1. The molecule has 5 bridgehead atoms. The molecule has 3 fully saturated rings. The molecule has 2 aromatic heterocycles. The quantitative estimate of drug-likeness (QED) is 0.0348. The number of fused-ring (bicyclic) bond motifs is 15. The average molecular weight is 1230 g/mol. The molecule has 6 N–H and O–H groups in total. The first-order valence-corrected chi connectivity index (χ1v) is 30.2. The van der Waals surface area contributed by atoms with Gasteiger partial charge in [0, 0.05) is 117 Å². The summed E-state index contributed by atoms with van der Waals surface area (Å²) in [4.78, 5) is 63.7. The Morgan fingerprint density at radius 1 is 0.899 bits per heavy atom. The smallest absolute Gasteiger partial charge is 0.312 e. The van der Waals surface area contributed by atoms with Crippen LogP contribution in [0.2, 0.25) is 0 Å². The minimum atomic E-state index is -2.12. The summed E-state index contributed by atoms with van der Waals surface area (Å²) in [5.74, 6) is -11.1. The van der Waals surface area contributed by atoms with Crippen LogP contribution in [-0.4, -0.2) is 151 Å². The number of halogens is 3. The summed E-state index contributed by atoms with van der Waals surface area (Å²) < 4.78 is 70.6. The Kier molecular flexibility index (Phi) is 17.8. The fourth-order valence-electron chi connectivity index (χ4n) is 13.7. The number of anilines is 2. The summed E-state index contributed by atoms with van der Waals surface area (Å²) in [7, 11) is 3.53. The third-order valence-corrected chi connectivity index (χ3v) is 19.3. The van der Waals surface area contributed by atoms with E-state index in [1.54, 1.807) is 44.9 Å². The van der Waals surface area contributed by atoms with E-state index in [-0.39, 0.29) is 90.1 Å². The predicted octanol–water partition coefficient (Wildman–Crippen LogP) is 8.97. The van der Waals surface area contributed by atoms with Crippen LogP contribution in [0.5, 0.6) is 23.0 Å². The summed E-state index contributed by atoms with van der Waals surface area (Å²) in [6.45, 7) is 15.8. The Bertz CT molecular complexity index is 3840. The number of esters is 1. The van der Waals surface area contributed by atoms with E-state index >= 15 is 8.78 Å². The molecule has 1 saturated carbocycles. The molecule has 0 spiro atoms. The lowest BCUT2D eigenvalue weighted by Gasteiger charge is -2.42. The largest absolute Gasteiger partial charge is 0.507 e. The molecule has 7 heterocycles. The van der Waals surface area contributed by atoms with Crippen molar-refractivity contribution in [2.45, 2.75) is 136 Å². The lowest BCUT2D eigenvalue weighted by Crippen LogP contribution is -2.50. The summed E-state index contributed by atoms with van der Waals surface area (Å²) in [6.07, 6.45) is 9.86. The predicted molar refractivity (Wildman–Crippen MR) is 328 cm³/mol. The van der Waals surface area contributed by atoms with E-state index in [1.807, 2.05) is 4.90 Å². The lowest BCUT2D eigenvalue weighted by molar-refractivity contribution is -0.160. The second kappa shape index (κ2) is 24.8. The monoisotopic (exact) mass is 1230 g/mol. The first-order chi connectivity index (χ1) is 42.1. The van der Waals surface area contributed by atoms with Gasteiger partial charge in [0.25, 0.3) is 11.7 Å². The Hall–Kier alpha value is -7.99. The van der Waals surface area contributed by atoms with Crippen molar-refractivity contribution in [2.24, 2.45) is 34.7 Å². The van der Waals surface area contributed by atoms with Gasteiger partial charge < -0.3 is 54.7 Å². The van der Waals surface area contributed by atoms with Crippen molar-refractivity contribution < 1.29 is 72.0 Å². The molecule has 89 heavy (non-hydrogen) atoms. The fraction of sp³-hybridized carbons (Fsp3) is 0.485. The number of methoxy groups -OCH3 is 1. The van der Waals surface area contributed by atoms with Crippen molar-refractivity contribution in [3.63, 3.8) is 0 Å².